The number of aryl methyl sites for hydroxylation is 1. The van der Waals surface area contributed by atoms with Gasteiger partial charge in [-0.3, -0.25) is 0 Å². The molecule has 0 saturated heterocycles. The van der Waals surface area contributed by atoms with Crippen molar-refractivity contribution >= 4 is 5.69 Å². The molecule has 1 aromatic rings. The first-order chi connectivity index (χ1) is 6.50. The molecule has 76 valence electrons. The lowest BCUT2D eigenvalue weighted by atomic mass is 9.74. The van der Waals surface area contributed by atoms with Gasteiger partial charge >= 0.3 is 0 Å². The Morgan fingerprint density at radius 3 is 2.79 bits per heavy atom. The van der Waals surface area contributed by atoms with Gasteiger partial charge in [-0.1, -0.05) is 26.0 Å². The lowest BCUT2D eigenvalue weighted by molar-refractivity contribution is 0.432. The van der Waals surface area contributed by atoms with Gasteiger partial charge in [-0.2, -0.15) is 0 Å². The third-order valence-electron chi connectivity index (χ3n) is 3.17. The molecular weight excluding hydrogens is 170 g/mol. The van der Waals surface area contributed by atoms with Crippen molar-refractivity contribution in [2.24, 2.45) is 0 Å². The third kappa shape index (κ3) is 1.41. The van der Waals surface area contributed by atoms with Crippen LogP contribution in [0.15, 0.2) is 18.2 Å². The van der Waals surface area contributed by atoms with Gasteiger partial charge in [-0.15, -0.1) is 0 Å². The van der Waals surface area contributed by atoms with Gasteiger partial charge in [0.25, 0.3) is 0 Å². The Balaban J connectivity index is 2.58. The molecule has 1 atom stereocenters. The minimum atomic E-state index is 0.311. The molecule has 1 aromatic carbocycles. The quantitative estimate of drug-likeness (QED) is 0.659. The summed E-state index contributed by atoms with van der Waals surface area (Å²) < 4.78 is 0. The van der Waals surface area contributed by atoms with Crippen LogP contribution in [-0.4, -0.2) is 6.04 Å². The highest BCUT2D eigenvalue weighted by Crippen LogP contribution is 2.40. The van der Waals surface area contributed by atoms with Crippen LogP contribution in [0, 0.1) is 6.92 Å². The lowest BCUT2D eigenvalue weighted by Gasteiger charge is -2.38. The SMILES string of the molecule is Cc1cccc2c1C(C)(C)CC(C)N2. The molecule has 0 fully saturated rings. The highest BCUT2D eigenvalue weighted by Gasteiger charge is 2.31. The Bertz CT molecular complexity index is 352. The lowest BCUT2D eigenvalue weighted by Crippen LogP contribution is -2.34. The van der Waals surface area contributed by atoms with Gasteiger partial charge in [-0.25, -0.2) is 0 Å². The third-order valence-corrected chi connectivity index (χ3v) is 3.17. The Kier molecular flexibility index (Phi) is 2.06. The standard InChI is InChI=1S/C13H19N/c1-9-6-5-7-11-12(9)13(3,4)8-10(2)14-11/h5-7,10,14H,8H2,1-4H3. The van der Waals surface area contributed by atoms with Crippen molar-refractivity contribution < 1.29 is 0 Å². The van der Waals surface area contributed by atoms with Crippen LogP contribution in [0.25, 0.3) is 0 Å². The summed E-state index contributed by atoms with van der Waals surface area (Å²) in [6.07, 6.45) is 1.21. The zero-order chi connectivity index (χ0) is 10.3. The number of fused-ring (bicyclic) bond motifs is 1. The van der Waals surface area contributed by atoms with Crippen molar-refractivity contribution in [1.29, 1.82) is 0 Å². The van der Waals surface area contributed by atoms with E-state index < -0.39 is 0 Å². The molecule has 0 amide bonds. The number of hydrogen-bond acceptors (Lipinski definition) is 1. The zero-order valence-electron chi connectivity index (χ0n) is 9.52. The van der Waals surface area contributed by atoms with Gasteiger partial charge in [0, 0.05) is 11.7 Å². The fraction of sp³-hybridized carbons (Fsp3) is 0.538. The maximum absolute atomic E-state index is 3.56. The predicted octanol–water partition coefficient (Wildman–Crippen LogP) is 3.48. The molecule has 1 heterocycles. The fourth-order valence-electron chi connectivity index (χ4n) is 2.87. The molecule has 0 aromatic heterocycles. The number of hydrogen-bond donors (Lipinski definition) is 1. The average Bonchev–Trinajstić information content (AvgIpc) is 2.00. The molecule has 1 unspecified atom stereocenters. The summed E-state index contributed by atoms with van der Waals surface area (Å²) in [7, 11) is 0. The molecule has 0 radical (unpaired) electrons. The van der Waals surface area contributed by atoms with E-state index in [4.69, 9.17) is 0 Å². The summed E-state index contributed by atoms with van der Waals surface area (Å²) >= 11 is 0. The summed E-state index contributed by atoms with van der Waals surface area (Å²) in [5.74, 6) is 0. The van der Waals surface area contributed by atoms with E-state index in [0.29, 0.717) is 11.5 Å². The van der Waals surface area contributed by atoms with Crippen LogP contribution in [0.3, 0.4) is 0 Å². The van der Waals surface area contributed by atoms with E-state index in [0.717, 1.165) is 0 Å². The minimum absolute atomic E-state index is 0.311. The maximum Gasteiger partial charge on any atom is 0.0382 e. The van der Waals surface area contributed by atoms with Crippen molar-refractivity contribution in [3.63, 3.8) is 0 Å². The summed E-state index contributed by atoms with van der Waals surface area (Å²) in [5.41, 5.74) is 4.55. The average molecular weight is 189 g/mol. The number of rotatable bonds is 0. The Labute approximate surface area is 86.5 Å². The summed E-state index contributed by atoms with van der Waals surface area (Å²) in [6.45, 7) is 9.15. The monoisotopic (exact) mass is 189 g/mol. The molecule has 0 spiro atoms. The summed E-state index contributed by atoms with van der Waals surface area (Å²) in [5, 5.41) is 3.56. The van der Waals surface area contributed by atoms with Crippen LogP contribution in [-0.2, 0) is 5.41 Å². The topological polar surface area (TPSA) is 12.0 Å². The van der Waals surface area contributed by atoms with Gasteiger partial charge in [0.05, 0.1) is 0 Å². The molecule has 1 heteroatoms. The molecule has 2 rings (SSSR count). The van der Waals surface area contributed by atoms with Crippen LogP contribution in [0.5, 0.6) is 0 Å². The first-order valence-corrected chi connectivity index (χ1v) is 5.37. The van der Waals surface area contributed by atoms with E-state index in [1.165, 1.54) is 23.2 Å². The summed E-state index contributed by atoms with van der Waals surface area (Å²) in [4.78, 5) is 0. The zero-order valence-corrected chi connectivity index (χ0v) is 9.52. The first kappa shape index (κ1) is 9.57. The van der Waals surface area contributed by atoms with Crippen LogP contribution in [0.2, 0.25) is 0 Å². The van der Waals surface area contributed by atoms with Crippen molar-refractivity contribution in [3.8, 4) is 0 Å². The van der Waals surface area contributed by atoms with E-state index in [2.05, 4.69) is 51.2 Å². The van der Waals surface area contributed by atoms with Gasteiger partial charge in [0.1, 0.15) is 0 Å². The molecular formula is C13H19N. The molecule has 1 N–H and O–H groups in total. The van der Waals surface area contributed by atoms with Crippen molar-refractivity contribution in [2.45, 2.75) is 45.6 Å². The van der Waals surface area contributed by atoms with Gasteiger partial charge in [0.15, 0.2) is 0 Å². The number of benzene rings is 1. The fourth-order valence-corrected chi connectivity index (χ4v) is 2.87. The summed E-state index contributed by atoms with van der Waals surface area (Å²) in [6, 6.07) is 7.12. The highest BCUT2D eigenvalue weighted by molar-refractivity contribution is 5.60. The van der Waals surface area contributed by atoms with E-state index >= 15 is 0 Å². The van der Waals surface area contributed by atoms with Crippen LogP contribution in [0.4, 0.5) is 5.69 Å². The Hall–Kier alpha value is -0.980. The van der Waals surface area contributed by atoms with Crippen LogP contribution in [0.1, 0.15) is 38.3 Å². The smallest absolute Gasteiger partial charge is 0.0382 e. The van der Waals surface area contributed by atoms with Crippen molar-refractivity contribution in [3.05, 3.63) is 29.3 Å². The second-order valence-electron chi connectivity index (χ2n) is 5.13. The molecule has 1 aliphatic heterocycles. The van der Waals surface area contributed by atoms with Crippen molar-refractivity contribution in [1.82, 2.24) is 0 Å². The second kappa shape index (κ2) is 3.01. The molecule has 1 nitrogen and oxygen atoms in total. The van der Waals surface area contributed by atoms with E-state index in [1.54, 1.807) is 0 Å². The van der Waals surface area contributed by atoms with Gasteiger partial charge < -0.3 is 5.32 Å². The van der Waals surface area contributed by atoms with Crippen LogP contribution < -0.4 is 5.32 Å². The number of anilines is 1. The molecule has 0 bridgehead atoms. The molecule has 1 aliphatic rings. The van der Waals surface area contributed by atoms with E-state index in [-0.39, 0.29) is 0 Å². The van der Waals surface area contributed by atoms with E-state index in [9.17, 15) is 0 Å². The Morgan fingerprint density at radius 2 is 2.07 bits per heavy atom. The van der Waals surface area contributed by atoms with Crippen molar-refractivity contribution in [2.75, 3.05) is 5.32 Å². The Morgan fingerprint density at radius 1 is 1.36 bits per heavy atom. The first-order valence-electron chi connectivity index (χ1n) is 5.37. The van der Waals surface area contributed by atoms with E-state index in [1.807, 2.05) is 0 Å². The molecule has 0 saturated carbocycles. The predicted molar refractivity (Wildman–Crippen MR) is 61.9 cm³/mol. The minimum Gasteiger partial charge on any atom is -0.382 e. The van der Waals surface area contributed by atoms with Gasteiger partial charge in [0.2, 0.25) is 0 Å². The largest absolute Gasteiger partial charge is 0.382 e. The van der Waals surface area contributed by atoms with Gasteiger partial charge in [-0.05, 0) is 42.9 Å². The maximum atomic E-state index is 3.56. The molecule has 14 heavy (non-hydrogen) atoms. The number of nitrogens with one attached hydrogen (secondary N) is 1. The normalized spacial score (nSPS) is 23.9. The highest BCUT2D eigenvalue weighted by atomic mass is 14.9. The van der Waals surface area contributed by atoms with Crippen LogP contribution >= 0.6 is 0 Å². The molecule has 0 aliphatic carbocycles. The second-order valence-corrected chi connectivity index (χ2v) is 5.13.